The molecule has 2 saturated carbocycles. The summed E-state index contributed by atoms with van der Waals surface area (Å²) in [6, 6.07) is 11.6. The largest absolute Gasteiger partial charge is 0.490 e. The fourth-order valence-electron chi connectivity index (χ4n) is 4.48. The number of anilines is 1. The number of fused-ring (bicyclic) bond motifs is 3. The lowest BCUT2D eigenvalue weighted by Crippen LogP contribution is -2.32. The summed E-state index contributed by atoms with van der Waals surface area (Å²) in [7, 11) is 0. The number of ether oxygens (including phenoxy) is 2. The number of pyridine rings is 1. The first kappa shape index (κ1) is 22.3. The van der Waals surface area contributed by atoms with Crippen LogP contribution in [0.15, 0.2) is 54.7 Å². The zero-order valence-corrected chi connectivity index (χ0v) is 19.0. The Morgan fingerprint density at radius 3 is 2.42 bits per heavy atom. The highest BCUT2D eigenvalue weighted by Crippen LogP contribution is 2.55. The maximum Gasteiger partial charge on any atom is 0.320 e. The first-order valence-electron chi connectivity index (χ1n) is 11.7. The minimum absolute atomic E-state index is 0.0747. The van der Waals surface area contributed by atoms with Crippen molar-refractivity contribution in [3.05, 3.63) is 77.5 Å². The van der Waals surface area contributed by atoms with Crippen molar-refractivity contribution in [3.8, 4) is 17.2 Å². The second-order valence-corrected chi connectivity index (χ2v) is 9.15. The van der Waals surface area contributed by atoms with E-state index < -0.39 is 17.7 Å². The van der Waals surface area contributed by atoms with Crippen molar-refractivity contribution in [2.75, 3.05) is 11.9 Å². The molecule has 0 saturated heterocycles. The van der Waals surface area contributed by atoms with Crippen LogP contribution in [-0.4, -0.2) is 35.6 Å². The molecule has 10 heteroatoms. The molecule has 2 heterocycles. The number of amides is 3. The maximum atomic E-state index is 14.3. The van der Waals surface area contributed by atoms with Gasteiger partial charge in [0.05, 0.1) is 12.8 Å². The summed E-state index contributed by atoms with van der Waals surface area (Å²) in [4.78, 5) is 28.7. The molecule has 6 rings (SSSR count). The summed E-state index contributed by atoms with van der Waals surface area (Å²) in [6.07, 6.45) is 3.51. The van der Waals surface area contributed by atoms with Crippen LogP contribution in [0.2, 0.25) is 0 Å². The molecule has 3 N–H and O–H groups in total. The highest BCUT2D eigenvalue weighted by atomic mass is 19.1. The molecule has 3 aromatic rings. The van der Waals surface area contributed by atoms with E-state index in [9.17, 15) is 18.4 Å². The van der Waals surface area contributed by atoms with Gasteiger partial charge >= 0.3 is 6.03 Å². The lowest BCUT2D eigenvalue weighted by molar-refractivity contribution is 0.0951. The summed E-state index contributed by atoms with van der Waals surface area (Å²) in [6.45, 7) is 0.208. The number of nitrogens with zero attached hydrogens (tertiary/aromatic N) is 1. The number of aromatic nitrogens is 1. The van der Waals surface area contributed by atoms with Gasteiger partial charge in [-0.3, -0.25) is 10.1 Å². The Morgan fingerprint density at radius 2 is 1.69 bits per heavy atom. The Kier molecular flexibility index (Phi) is 5.43. The van der Waals surface area contributed by atoms with Crippen molar-refractivity contribution in [3.63, 3.8) is 0 Å². The number of urea groups is 1. The number of rotatable bonds is 6. The van der Waals surface area contributed by atoms with Crippen molar-refractivity contribution in [1.82, 2.24) is 15.6 Å². The highest BCUT2D eigenvalue weighted by molar-refractivity contribution is 5.94. The van der Waals surface area contributed by atoms with E-state index in [1.807, 2.05) is 0 Å². The highest BCUT2D eigenvalue weighted by Gasteiger charge is 2.57. The van der Waals surface area contributed by atoms with Gasteiger partial charge in [0.25, 0.3) is 5.91 Å². The summed E-state index contributed by atoms with van der Waals surface area (Å²) in [5.41, 5.74) is 0.740. The Bertz CT molecular complexity index is 1330. The molecule has 8 nitrogen and oxygen atoms in total. The van der Waals surface area contributed by atoms with Gasteiger partial charge in [0.15, 0.2) is 11.6 Å². The van der Waals surface area contributed by atoms with Crippen LogP contribution >= 0.6 is 0 Å². The van der Waals surface area contributed by atoms with Crippen molar-refractivity contribution in [2.24, 2.45) is 5.92 Å². The van der Waals surface area contributed by atoms with Gasteiger partial charge in [0.2, 0.25) is 0 Å². The SMILES string of the molecule is O=C(Nc1ccc(Oc2ccc(C(=O)NC3CC3)cc2)cn1)N[C@@H]1C2COc3c(F)ccc(F)c3C21. The van der Waals surface area contributed by atoms with Gasteiger partial charge in [-0.2, -0.15) is 0 Å². The van der Waals surface area contributed by atoms with E-state index in [-0.39, 0.29) is 41.7 Å². The van der Waals surface area contributed by atoms with E-state index in [0.29, 0.717) is 28.9 Å². The van der Waals surface area contributed by atoms with E-state index in [0.717, 1.165) is 25.0 Å². The molecular weight excluding hydrogens is 470 g/mol. The van der Waals surface area contributed by atoms with Gasteiger partial charge in [-0.05, 0) is 61.4 Å². The molecule has 3 amide bonds. The van der Waals surface area contributed by atoms with Crippen molar-refractivity contribution < 1.29 is 27.8 Å². The molecule has 2 fully saturated rings. The molecule has 0 radical (unpaired) electrons. The Morgan fingerprint density at radius 1 is 0.944 bits per heavy atom. The van der Waals surface area contributed by atoms with Crippen LogP contribution in [0.25, 0.3) is 0 Å². The predicted octanol–water partition coefficient (Wildman–Crippen LogP) is 4.34. The van der Waals surface area contributed by atoms with Crippen LogP contribution in [0.4, 0.5) is 19.4 Å². The zero-order valence-electron chi connectivity index (χ0n) is 19.0. The second kappa shape index (κ2) is 8.78. The van der Waals surface area contributed by atoms with Crippen molar-refractivity contribution in [2.45, 2.75) is 30.8 Å². The average molecular weight is 492 g/mol. The Labute approximate surface area is 205 Å². The average Bonchev–Trinajstić information content (AvgIpc) is 3.81. The molecule has 2 unspecified atom stereocenters. The fraction of sp³-hybridized carbons (Fsp3) is 0.269. The van der Waals surface area contributed by atoms with Gasteiger partial charge in [-0.15, -0.1) is 0 Å². The molecular formula is C26H22F2N4O4. The molecule has 184 valence electrons. The van der Waals surface area contributed by atoms with Crippen LogP contribution in [0.5, 0.6) is 17.2 Å². The van der Waals surface area contributed by atoms with Gasteiger partial charge < -0.3 is 20.1 Å². The van der Waals surface area contributed by atoms with Gasteiger partial charge in [0.1, 0.15) is 23.1 Å². The Balaban J connectivity index is 1.03. The zero-order chi connectivity index (χ0) is 24.8. The van der Waals surface area contributed by atoms with E-state index in [1.54, 1.807) is 36.4 Å². The third kappa shape index (κ3) is 4.41. The number of carbonyl (C=O) groups excluding carboxylic acids is 2. The number of nitrogens with one attached hydrogen (secondary N) is 3. The van der Waals surface area contributed by atoms with E-state index in [2.05, 4.69) is 20.9 Å². The number of benzene rings is 2. The third-order valence-electron chi connectivity index (χ3n) is 6.56. The maximum absolute atomic E-state index is 14.3. The summed E-state index contributed by atoms with van der Waals surface area (Å²) >= 11 is 0. The van der Waals surface area contributed by atoms with Crippen molar-refractivity contribution in [1.29, 1.82) is 0 Å². The molecule has 3 aliphatic rings. The lowest BCUT2D eigenvalue weighted by Gasteiger charge is -2.16. The Hall–Kier alpha value is -4.21. The minimum Gasteiger partial charge on any atom is -0.490 e. The summed E-state index contributed by atoms with van der Waals surface area (Å²) in [5.74, 6) is -0.477. The van der Waals surface area contributed by atoms with Gasteiger partial charge in [-0.25, -0.2) is 18.6 Å². The van der Waals surface area contributed by atoms with Gasteiger partial charge in [0, 0.05) is 35.0 Å². The normalized spacial score (nSPS) is 21.3. The predicted molar refractivity (Wildman–Crippen MR) is 125 cm³/mol. The number of hydrogen-bond acceptors (Lipinski definition) is 5. The summed E-state index contributed by atoms with van der Waals surface area (Å²) < 4.78 is 39.4. The smallest absolute Gasteiger partial charge is 0.320 e. The molecule has 2 aromatic carbocycles. The molecule has 0 spiro atoms. The molecule has 1 aromatic heterocycles. The molecule has 0 bridgehead atoms. The number of carbonyl (C=O) groups is 2. The first-order chi connectivity index (χ1) is 17.5. The van der Waals surface area contributed by atoms with E-state index >= 15 is 0 Å². The van der Waals surface area contributed by atoms with Gasteiger partial charge in [-0.1, -0.05) is 0 Å². The number of halogens is 2. The summed E-state index contributed by atoms with van der Waals surface area (Å²) in [5, 5.41) is 8.36. The van der Waals surface area contributed by atoms with Crippen LogP contribution in [0.1, 0.15) is 34.7 Å². The van der Waals surface area contributed by atoms with Crippen LogP contribution < -0.4 is 25.4 Å². The molecule has 3 atom stereocenters. The molecule has 2 aliphatic carbocycles. The number of hydrogen-bond donors (Lipinski definition) is 3. The van der Waals surface area contributed by atoms with Crippen LogP contribution in [0.3, 0.4) is 0 Å². The van der Waals surface area contributed by atoms with Crippen LogP contribution in [-0.2, 0) is 0 Å². The van der Waals surface area contributed by atoms with E-state index in [4.69, 9.17) is 9.47 Å². The molecule has 36 heavy (non-hydrogen) atoms. The topological polar surface area (TPSA) is 102 Å². The second-order valence-electron chi connectivity index (χ2n) is 9.15. The van der Waals surface area contributed by atoms with Crippen LogP contribution in [0, 0.1) is 17.6 Å². The van der Waals surface area contributed by atoms with Crippen molar-refractivity contribution >= 4 is 17.8 Å². The monoisotopic (exact) mass is 492 g/mol. The third-order valence-corrected chi connectivity index (χ3v) is 6.56. The molecule has 1 aliphatic heterocycles. The lowest BCUT2D eigenvalue weighted by atomic mass is 10.0. The standard InChI is InChI=1S/C26H22F2N4O4/c27-18-8-9-19(28)24-22(18)21-17(12-35-24)23(21)32-26(34)31-20-10-7-16(11-29-20)36-15-5-1-13(2-6-15)25(33)30-14-3-4-14/h1-2,5-11,14,17,21,23H,3-4,12H2,(H,30,33)(H2,29,31,32,34)/t17?,21?,23-/m1/s1. The quantitative estimate of drug-likeness (QED) is 0.475. The first-order valence-corrected chi connectivity index (χ1v) is 11.7. The fourth-order valence-corrected chi connectivity index (χ4v) is 4.48. The minimum atomic E-state index is -0.610. The van der Waals surface area contributed by atoms with E-state index in [1.165, 1.54) is 6.20 Å².